The number of carbonyl (C=O) groups is 4. The van der Waals surface area contributed by atoms with Gasteiger partial charge >= 0.3 is 0 Å². The minimum Gasteiger partial charge on any atom is -0.382 e. The van der Waals surface area contributed by atoms with Crippen LogP contribution in [0.25, 0.3) is 0 Å². The highest BCUT2D eigenvalue weighted by Crippen LogP contribution is 2.32. The summed E-state index contributed by atoms with van der Waals surface area (Å²) < 4.78 is 15.4. The second-order valence-electron chi connectivity index (χ2n) is 11.0. The van der Waals surface area contributed by atoms with Crippen LogP contribution in [-0.2, 0) is 23.9 Å². The molecule has 0 spiro atoms. The predicted octanol–water partition coefficient (Wildman–Crippen LogP) is 2.24. The molecule has 2 amide bonds. The first-order valence-corrected chi connectivity index (χ1v) is 11.9. The van der Waals surface area contributed by atoms with Crippen LogP contribution in [0, 0.1) is 24.2 Å². The van der Waals surface area contributed by atoms with E-state index in [2.05, 4.69) is 15.8 Å². The van der Waals surface area contributed by atoms with Crippen molar-refractivity contribution in [2.75, 3.05) is 20.3 Å². The highest BCUT2D eigenvalue weighted by Gasteiger charge is 2.50. The minimum atomic E-state index is -0.978. The first-order valence-electron chi connectivity index (χ1n) is 11.9. The van der Waals surface area contributed by atoms with Crippen molar-refractivity contribution >= 4 is 23.4 Å². The Morgan fingerprint density at radius 3 is 2.26 bits per heavy atom. The van der Waals surface area contributed by atoms with Gasteiger partial charge in [-0.15, -0.1) is 0 Å². The molecule has 1 aliphatic heterocycles. The number of aryl methyl sites for hydroxylation is 1. The van der Waals surface area contributed by atoms with Crippen molar-refractivity contribution in [3.8, 4) is 0 Å². The number of hydrogen-bond donors (Lipinski definition) is 2. The summed E-state index contributed by atoms with van der Waals surface area (Å²) in [5.41, 5.74) is -1.41. The molecule has 0 bridgehead atoms. The van der Waals surface area contributed by atoms with Gasteiger partial charge in [-0.25, -0.2) is 0 Å². The van der Waals surface area contributed by atoms with E-state index in [1.54, 1.807) is 13.8 Å². The standard InChI is InChI=1S/C25H39N3O7/c1-14(2)9-17(21(30)25(7)13-34-25)26-22(31)16(24(4,5)6)11-20(29)19(12-33-8)27-23(32)18-10-15(3)35-28-18/h10,14,16-17,19H,9,11-13H2,1-8H3,(H,26,31)(H,27,32)/t16-,17+,19+,25-/m1/s1. The molecule has 1 fully saturated rings. The molecule has 10 nitrogen and oxygen atoms in total. The Kier molecular flexibility index (Phi) is 9.36. The number of hydrogen-bond acceptors (Lipinski definition) is 8. The molecule has 0 aromatic carbocycles. The van der Waals surface area contributed by atoms with Gasteiger partial charge in [0.25, 0.3) is 5.91 Å². The molecule has 0 unspecified atom stereocenters. The summed E-state index contributed by atoms with van der Waals surface area (Å²) in [7, 11) is 1.42. The Labute approximate surface area is 206 Å². The molecule has 2 heterocycles. The molecular formula is C25H39N3O7. The number of Topliss-reactive ketones (excluding diaryl/α,β-unsaturated/α-hetero) is 2. The topological polar surface area (TPSA) is 140 Å². The zero-order valence-electron chi connectivity index (χ0n) is 22.0. The first kappa shape index (κ1) is 28.6. The van der Waals surface area contributed by atoms with Crippen LogP contribution in [0.15, 0.2) is 10.6 Å². The summed E-state index contributed by atoms with van der Waals surface area (Å²) in [6.07, 6.45) is 0.325. The van der Waals surface area contributed by atoms with E-state index in [9.17, 15) is 19.2 Å². The number of ether oxygens (including phenoxy) is 2. The maximum atomic E-state index is 13.4. The normalized spacial score (nSPS) is 20.1. The number of carbonyl (C=O) groups excluding carboxylic acids is 4. The SMILES string of the molecule is COC[C@H](NC(=O)c1cc(C)on1)C(=O)C[C@H](C(=O)N[C@@H](CC(C)C)C(=O)[C@@]1(C)CO1)C(C)(C)C. The minimum absolute atomic E-state index is 0.0485. The Morgan fingerprint density at radius 2 is 1.80 bits per heavy atom. The number of amides is 2. The zero-order valence-corrected chi connectivity index (χ0v) is 22.0. The van der Waals surface area contributed by atoms with Crippen LogP contribution in [0.4, 0.5) is 0 Å². The maximum Gasteiger partial charge on any atom is 0.274 e. The number of epoxide rings is 1. The fraction of sp³-hybridized carbons (Fsp3) is 0.720. The molecule has 1 aliphatic rings. The van der Waals surface area contributed by atoms with Gasteiger partial charge < -0.3 is 24.6 Å². The number of nitrogens with one attached hydrogen (secondary N) is 2. The van der Waals surface area contributed by atoms with Crippen molar-refractivity contribution in [1.29, 1.82) is 0 Å². The fourth-order valence-electron chi connectivity index (χ4n) is 3.82. The van der Waals surface area contributed by atoms with Gasteiger partial charge in [0.05, 0.1) is 19.3 Å². The van der Waals surface area contributed by atoms with Crippen molar-refractivity contribution in [3.05, 3.63) is 17.5 Å². The average molecular weight is 494 g/mol. The van der Waals surface area contributed by atoms with Crippen LogP contribution in [-0.4, -0.2) is 66.5 Å². The summed E-state index contributed by atoms with van der Waals surface area (Å²) in [5.74, 6) is -1.59. The van der Waals surface area contributed by atoms with Gasteiger partial charge in [0.2, 0.25) is 5.91 Å². The maximum absolute atomic E-state index is 13.4. The smallest absolute Gasteiger partial charge is 0.274 e. The number of aromatic nitrogens is 1. The molecule has 2 rings (SSSR count). The lowest BCUT2D eigenvalue weighted by Crippen LogP contribution is -2.52. The van der Waals surface area contributed by atoms with Gasteiger partial charge in [0, 0.05) is 25.5 Å². The van der Waals surface area contributed by atoms with Gasteiger partial charge in [-0.2, -0.15) is 0 Å². The van der Waals surface area contributed by atoms with Gasteiger partial charge in [0.15, 0.2) is 17.3 Å². The third kappa shape index (κ3) is 7.96. The van der Waals surface area contributed by atoms with Crippen molar-refractivity contribution in [3.63, 3.8) is 0 Å². The molecule has 0 aliphatic carbocycles. The van der Waals surface area contributed by atoms with Crippen LogP contribution in [0.1, 0.15) is 70.6 Å². The largest absolute Gasteiger partial charge is 0.382 e. The third-order valence-corrected chi connectivity index (χ3v) is 6.09. The van der Waals surface area contributed by atoms with Crippen molar-refractivity contribution in [1.82, 2.24) is 15.8 Å². The van der Waals surface area contributed by atoms with Crippen LogP contribution < -0.4 is 10.6 Å². The van der Waals surface area contributed by atoms with Gasteiger partial charge in [0.1, 0.15) is 17.4 Å². The summed E-state index contributed by atoms with van der Waals surface area (Å²) in [5, 5.41) is 9.17. The highest BCUT2D eigenvalue weighted by atomic mass is 16.6. The van der Waals surface area contributed by atoms with Crippen LogP contribution in [0.3, 0.4) is 0 Å². The number of rotatable bonds is 13. The molecule has 35 heavy (non-hydrogen) atoms. The summed E-state index contributed by atoms with van der Waals surface area (Å²) in [4.78, 5) is 52.1. The van der Waals surface area contributed by atoms with Crippen LogP contribution in [0.5, 0.6) is 0 Å². The van der Waals surface area contributed by atoms with E-state index in [0.717, 1.165) is 0 Å². The lowest BCUT2D eigenvalue weighted by Gasteiger charge is -2.32. The molecule has 0 radical (unpaired) electrons. The summed E-state index contributed by atoms with van der Waals surface area (Å²) in [6, 6.07) is -0.223. The van der Waals surface area contributed by atoms with E-state index in [1.807, 2.05) is 34.6 Å². The quantitative estimate of drug-likeness (QED) is 0.399. The molecule has 10 heteroatoms. The Balaban J connectivity index is 2.16. The van der Waals surface area contributed by atoms with Gasteiger partial charge in [-0.3, -0.25) is 19.2 Å². The Morgan fingerprint density at radius 1 is 1.17 bits per heavy atom. The fourth-order valence-corrected chi connectivity index (χ4v) is 3.82. The third-order valence-electron chi connectivity index (χ3n) is 6.09. The van der Waals surface area contributed by atoms with Gasteiger partial charge in [-0.1, -0.05) is 39.8 Å². The number of nitrogens with zero attached hydrogens (tertiary/aromatic N) is 1. The summed E-state index contributed by atoms with van der Waals surface area (Å²) >= 11 is 0. The van der Waals surface area contributed by atoms with E-state index in [4.69, 9.17) is 14.0 Å². The Hall–Kier alpha value is -2.59. The van der Waals surface area contributed by atoms with Crippen molar-refractivity contribution < 1.29 is 33.2 Å². The molecule has 2 N–H and O–H groups in total. The molecule has 1 aromatic rings. The van der Waals surface area contributed by atoms with Crippen molar-refractivity contribution in [2.24, 2.45) is 17.3 Å². The monoisotopic (exact) mass is 493 g/mol. The second-order valence-corrected chi connectivity index (χ2v) is 11.0. The van der Waals surface area contributed by atoms with E-state index in [1.165, 1.54) is 13.2 Å². The van der Waals surface area contributed by atoms with E-state index < -0.39 is 34.9 Å². The average Bonchev–Trinajstić information content (AvgIpc) is 3.35. The van der Waals surface area contributed by atoms with Crippen molar-refractivity contribution in [2.45, 2.75) is 79.0 Å². The van der Waals surface area contributed by atoms with Crippen LogP contribution in [0.2, 0.25) is 0 Å². The van der Waals surface area contributed by atoms with Gasteiger partial charge in [-0.05, 0) is 31.6 Å². The molecule has 0 saturated carbocycles. The van der Waals surface area contributed by atoms with E-state index in [-0.39, 0.29) is 42.1 Å². The van der Waals surface area contributed by atoms with E-state index in [0.29, 0.717) is 18.8 Å². The molecule has 1 aromatic heterocycles. The molecule has 1 saturated heterocycles. The van der Waals surface area contributed by atoms with E-state index >= 15 is 0 Å². The lowest BCUT2D eigenvalue weighted by molar-refractivity contribution is -0.137. The zero-order chi connectivity index (χ0) is 26.6. The molecular weight excluding hydrogens is 454 g/mol. The number of ketones is 2. The predicted molar refractivity (Wildman–Crippen MR) is 128 cm³/mol. The Bertz CT molecular complexity index is 928. The molecule has 4 atom stereocenters. The lowest BCUT2D eigenvalue weighted by atomic mass is 9.76. The highest BCUT2D eigenvalue weighted by molar-refractivity contribution is 5.99. The summed E-state index contributed by atoms with van der Waals surface area (Å²) in [6.45, 7) is 13.2. The molecule has 196 valence electrons. The number of methoxy groups -OCH3 is 1. The van der Waals surface area contributed by atoms with Crippen LogP contribution >= 0.6 is 0 Å². The second kappa shape index (κ2) is 11.4. The first-order chi connectivity index (χ1) is 16.2.